The summed E-state index contributed by atoms with van der Waals surface area (Å²) in [6, 6.07) is 10.4. The average Bonchev–Trinajstić information content (AvgIpc) is 2.18. The average molecular weight is 211 g/mol. The number of aliphatic carboxylic acids is 1. The van der Waals surface area contributed by atoms with Crippen molar-refractivity contribution in [3.05, 3.63) is 30.3 Å². The fraction of sp³-hybridized carbons (Fsp3) is 0.364. The van der Waals surface area contributed by atoms with Crippen molar-refractivity contribution in [2.75, 3.05) is 6.16 Å². The SMILES string of the molecule is O=C(O)CCCC[PH2+]c1ccccc1. The van der Waals surface area contributed by atoms with Crippen LogP contribution in [0.15, 0.2) is 30.3 Å². The van der Waals surface area contributed by atoms with Crippen LogP contribution in [0.2, 0.25) is 0 Å². The fourth-order valence-corrected chi connectivity index (χ4v) is 2.60. The van der Waals surface area contributed by atoms with Crippen molar-refractivity contribution >= 4 is 19.9 Å². The van der Waals surface area contributed by atoms with Crippen LogP contribution in [0.3, 0.4) is 0 Å². The molecule has 0 aromatic heterocycles. The van der Waals surface area contributed by atoms with Crippen molar-refractivity contribution in [3.8, 4) is 0 Å². The number of unbranched alkanes of at least 4 members (excludes halogenated alkanes) is 1. The van der Waals surface area contributed by atoms with Gasteiger partial charge >= 0.3 is 5.97 Å². The van der Waals surface area contributed by atoms with Crippen LogP contribution >= 0.6 is 8.58 Å². The molecule has 0 saturated heterocycles. The van der Waals surface area contributed by atoms with Crippen LogP contribution in [-0.2, 0) is 4.79 Å². The Morgan fingerprint density at radius 3 is 2.57 bits per heavy atom. The van der Waals surface area contributed by atoms with Crippen molar-refractivity contribution in [1.82, 2.24) is 0 Å². The summed E-state index contributed by atoms with van der Waals surface area (Å²) in [4.78, 5) is 10.2. The van der Waals surface area contributed by atoms with Crippen LogP contribution < -0.4 is 5.30 Å². The highest BCUT2D eigenvalue weighted by molar-refractivity contribution is 7.47. The molecule has 0 aliphatic carbocycles. The summed E-state index contributed by atoms with van der Waals surface area (Å²) in [5, 5.41) is 9.86. The van der Waals surface area contributed by atoms with E-state index < -0.39 is 5.97 Å². The lowest BCUT2D eigenvalue weighted by atomic mass is 10.2. The van der Waals surface area contributed by atoms with E-state index >= 15 is 0 Å². The fourth-order valence-electron chi connectivity index (χ4n) is 1.28. The van der Waals surface area contributed by atoms with E-state index in [-0.39, 0.29) is 0 Å². The van der Waals surface area contributed by atoms with Crippen LogP contribution in [0.4, 0.5) is 0 Å². The maximum atomic E-state index is 10.2. The zero-order chi connectivity index (χ0) is 10.2. The third kappa shape index (κ3) is 4.98. The number of carboxylic acid groups (broad SMARTS) is 1. The summed E-state index contributed by atoms with van der Waals surface area (Å²) in [5.41, 5.74) is 0. The smallest absolute Gasteiger partial charge is 0.303 e. The normalized spacial score (nSPS) is 10.9. The maximum Gasteiger partial charge on any atom is 0.303 e. The first-order chi connectivity index (χ1) is 6.79. The van der Waals surface area contributed by atoms with E-state index in [0.29, 0.717) is 15.0 Å². The Labute approximate surface area is 86.1 Å². The van der Waals surface area contributed by atoms with Crippen LogP contribution in [0, 0.1) is 0 Å². The summed E-state index contributed by atoms with van der Waals surface area (Å²) in [6.45, 7) is 0. The Bertz CT molecular complexity index is 272. The van der Waals surface area contributed by atoms with Crippen molar-refractivity contribution in [2.24, 2.45) is 0 Å². The van der Waals surface area contributed by atoms with Gasteiger partial charge in [0, 0.05) is 15.0 Å². The largest absolute Gasteiger partial charge is 0.481 e. The van der Waals surface area contributed by atoms with Gasteiger partial charge in [-0.1, -0.05) is 18.2 Å². The van der Waals surface area contributed by atoms with Gasteiger partial charge in [0.05, 0.1) is 11.5 Å². The molecule has 2 nitrogen and oxygen atoms in total. The molecular formula is C11H16O2P+. The van der Waals surface area contributed by atoms with Crippen molar-refractivity contribution in [1.29, 1.82) is 0 Å². The lowest BCUT2D eigenvalue weighted by molar-refractivity contribution is -0.137. The molecule has 0 aliphatic rings. The molecule has 14 heavy (non-hydrogen) atoms. The summed E-state index contributed by atoms with van der Waals surface area (Å²) >= 11 is 0. The van der Waals surface area contributed by atoms with Crippen LogP contribution in [-0.4, -0.2) is 17.2 Å². The first-order valence-electron chi connectivity index (χ1n) is 4.89. The molecule has 3 heteroatoms. The predicted octanol–water partition coefficient (Wildman–Crippen LogP) is 1.98. The minimum atomic E-state index is -0.681. The molecule has 1 aromatic carbocycles. The van der Waals surface area contributed by atoms with E-state index in [4.69, 9.17) is 5.11 Å². The van der Waals surface area contributed by atoms with Gasteiger partial charge in [0.15, 0.2) is 0 Å². The van der Waals surface area contributed by atoms with Gasteiger partial charge in [-0.2, -0.15) is 0 Å². The minimum absolute atomic E-state index is 0.314. The van der Waals surface area contributed by atoms with E-state index in [1.165, 1.54) is 5.30 Å². The molecule has 0 amide bonds. The number of carbonyl (C=O) groups is 1. The van der Waals surface area contributed by atoms with Crippen molar-refractivity contribution < 1.29 is 9.90 Å². The van der Waals surface area contributed by atoms with Gasteiger partial charge in [-0.05, 0) is 25.0 Å². The quantitative estimate of drug-likeness (QED) is 0.577. The highest BCUT2D eigenvalue weighted by atomic mass is 31.1. The molecule has 0 radical (unpaired) electrons. The highest BCUT2D eigenvalue weighted by Gasteiger charge is 2.00. The summed E-state index contributed by atoms with van der Waals surface area (Å²) in [7, 11) is 0.333. The van der Waals surface area contributed by atoms with E-state index in [2.05, 4.69) is 24.3 Å². The van der Waals surface area contributed by atoms with Crippen LogP contribution in [0.25, 0.3) is 0 Å². The molecule has 1 unspecified atom stereocenters. The van der Waals surface area contributed by atoms with Gasteiger partial charge in [-0.3, -0.25) is 4.79 Å². The van der Waals surface area contributed by atoms with Crippen LogP contribution in [0.5, 0.6) is 0 Å². The maximum absolute atomic E-state index is 10.2. The minimum Gasteiger partial charge on any atom is -0.481 e. The molecule has 1 N–H and O–H groups in total. The zero-order valence-corrected chi connectivity index (χ0v) is 9.30. The number of hydrogen-bond donors (Lipinski definition) is 1. The molecule has 76 valence electrons. The van der Waals surface area contributed by atoms with Gasteiger partial charge in [0.25, 0.3) is 0 Å². The third-order valence-corrected chi connectivity index (χ3v) is 3.58. The second kappa shape index (κ2) is 6.56. The summed E-state index contributed by atoms with van der Waals surface area (Å²) in [6.07, 6.45) is 3.33. The topological polar surface area (TPSA) is 37.3 Å². The van der Waals surface area contributed by atoms with E-state index in [0.717, 1.165) is 19.0 Å². The molecule has 0 heterocycles. The molecular weight excluding hydrogens is 195 g/mol. The second-order valence-electron chi connectivity index (χ2n) is 3.25. The van der Waals surface area contributed by atoms with Crippen molar-refractivity contribution in [3.63, 3.8) is 0 Å². The van der Waals surface area contributed by atoms with E-state index in [1.54, 1.807) is 0 Å². The second-order valence-corrected chi connectivity index (χ2v) is 4.91. The van der Waals surface area contributed by atoms with E-state index in [9.17, 15) is 4.79 Å². The third-order valence-electron chi connectivity index (χ3n) is 2.02. The van der Waals surface area contributed by atoms with Gasteiger partial charge < -0.3 is 5.11 Å². The first kappa shape index (κ1) is 11.2. The molecule has 0 aliphatic heterocycles. The van der Waals surface area contributed by atoms with Crippen molar-refractivity contribution in [2.45, 2.75) is 19.3 Å². The molecule has 0 saturated carbocycles. The Morgan fingerprint density at radius 2 is 1.93 bits per heavy atom. The molecule has 0 bridgehead atoms. The Hall–Kier alpha value is -0.880. The van der Waals surface area contributed by atoms with Gasteiger partial charge in [0.1, 0.15) is 0 Å². The number of hydrogen-bond acceptors (Lipinski definition) is 1. The van der Waals surface area contributed by atoms with Gasteiger partial charge in [-0.25, -0.2) is 0 Å². The monoisotopic (exact) mass is 211 g/mol. The van der Waals surface area contributed by atoms with Gasteiger partial charge in [-0.15, -0.1) is 0 Å². The van der Waals surface area contributed by atoms with Gasteiger partial charge in [0.2, 0.25) is 0 Å². The molecule has 1 aromatic rings. The summed E-state index contributed by atoms with van der Waals surface area (Å²) < 4.78 is 0. The Balaban J connectivity index is 2.08. The molecule has 0 spiro atoms. The Morgan fingerprint density at radius 1 is 1.21 bits per heavy atom. The highest BCUT2D eigenvalue weighted by Crippen LogP contribution is 2.12. The molecule has 0 fully saturated rings. The summed E-state index contributed by atoms with van der Waals surface area (Å²) in [5.74, 6) is -0.681. The zero-order valence-electron chi connectivity index (χ0n) is 8.15. The molecule has 1 atom stereocenters. The number of benzene rings is 1. The number of carboxylic acids is 1. The van der Waals surface area contributed by atoms with E-state index in [1.807, 2.05) is 6.07 Å². The molecule has 1 rings (SSSR count). The predicted molar refractivity (Wildman–Crippen MR) is 62.1 cm³/mol. The lowest BCUT2D eigenvalue weighted by Crippen LogP contribution is -1.96. The first-order valence-corrected chi connectivity index (χ1v) is 6.28. The number of rotatable bonds is 6. The Kier molecular flexibility index (Phi) is 5.24. The van der Waals surface area contributed by atoms with Crippen LogP contribution in [0.1, 0.15) is 19.3 Å². The lowest BCUT2D eigenvalue weighted by Gasteiger charge is -1.94. The standard InChI is InChI=1S/C11H15O2P/c12-11(13)8-4-5-9-14-10-6-2-1-3-7-10/h1-3,6-7,14H,4-5,8-9H2,(H,12,13)/p+1.